The summed E-state index contributed by atoms with van der Waals surface area (Å²) in [6.45, 7) is 6.23. The van der Waals surface area contributed by atoms with Crippen LogP contribution in [0.25, 0.3) is 0 Å². The van der Waals surface area contributed by atoms with Gasteiger partial charge in [0, 0.05) is 45.1 Å². The normalized spacial score (nSPS) is 16.1. The maximum atomic E-state index is 5.82. The first-order chi connectivity index (χ1) is 10.8. The second kappa shape index (κ2) is 7.56. The van der Waals surface area contributed by atoms with Crippen molar-refractivity contribution in [1.29, 1.82) is 0 Å². The van der Waals surface area contributed by atoms with Crippen molar-refractivity contribution in [1.82, 2.24) is 24.6 Å². The summed E-state index contributed by atoms with van der Waals surface area (Å²) in [5.74, 6) is 0.780. The Labute approximate surface area is 135 Å². The quantitative estimate of drug-likeness (QED) is 0.761. The van der Waals surface area contributed by atoms with Gasteiger partial charge in [0.1, 0.15) is 0 Å². The molecular weight excluding hydrogens is 300 g/mol. The van der Waals surface area contributed by atoms with Crippen LogP contribution in [0.2, 0.25) is 5.02 Å². The van der Waals surface area contributed by atoms with E-state index in [9.17, 15) is 0 Å². The molecule has 7 heteroatoms. The number of piperazine rings is 1. The third kappa shape index (κ3) is 4.18. The minimum Gasteiger partial charge on any atom is -0.338 e. The lowest BCUT2D eigenvalue weighted by Gasteiger charge is -2.34. The molecule has 3 heterocycles. The van der Waals surface area contributed by atoms with Gasteiger partial charge in [-0.05, 0) is 25.5 Å². The van der Waals surface area contributed by atoms with Crippen LogP contribution in [0.5, 0.6) is 0 Å². The van der Waals surface area contributed by atoms with Crippen LogP contribution in [0.1, 0.15) is 12.8 Å². The topological polar surface area (TPSA) is 50.1 Å². The molecule has 2 aromatic heterocycles. The van der Waals surface area contributed by atoms with Crippen LogP contribution in [-0.2, 0) is 6.54 Å². The molecule has 0 saturated carbocycles. The van der Waals surface area contributed by atoms with Gasteiger partial charge in [-0.25, -0.2) is 9.97 Å². The van der Waals surface area contributed by atoms with Crippen molar-refractivity contribution in [3.63, 3.8) is 0 Å². The van der Waals surface area contributed by atoms with Crippen molar-refractivity contribution in [2.45, 2.75) is 19.4 Å². The smallest absolute Gasteiger partial charge is 0.225 e. The van der Waals surface area contributed by atoms with E-state index in [0.717, 1.165) is 45.2 Å². The predicted molar refractivity (Wildman–Crippen MR) is 87.2 cm³/mol. The van der Waals surface area contributed by atoms with E-state index in [2.05, 4.69) is 24.9 Å². The van der Waals surface area contributed by atoms with Crippen molar-refractivity contribution in [2.24, 2.45) is 0 Å². The van der Waals surface area contributed by atoms with Crippen molar-refractivity contribution < 1.29 is 0 Å². The van der Waals surface area contributed by atoms with Crippen LogP contribution in [0, 0.1) is 0 Å². The van der Waals surface area contributed by atoms with E-state index >= 15 is 0 Å². The molecule has 118 valence electrons. The fraction of sp³-hybridized carbons (Fsp3) is 0.533. The lowest BCUT2D eigenvalue weighted by Crippen LogP contribution is -2.47. The largest absolute Gasteiger partial charge is 0.338 e. The number of aromatic nitrogens is 4. The van der Waals surface area contributed by atoms with Crippen LogP contribution < -0.4 is 4.90 Å². The first kappa shape index (κ1) is 15.2. The van der Waals surface area contributed by atoms with E-state index in [1.54, 1.807) is 12.4 Å². The highest BCUT2D eigenvalue weighted by molar-refractivity contribution is 6.30. The third-order valence-electron chi connectivity index (χ3n) is 3.93. The Kier molecular flexibility index (Phi) is 5.24. The molecule has 6 nitrogen and oxygen atoms in total. The molecule has 0 atom stereocenters. The van der Waals surface area contributed by atoms with E-state index in [-0.39, 0.29) is 0 Å². The molecule has 0 amide bonds. The zero-order valence-corrected chi connectivity index (χ0v) is 13.4. The van der Waals surface area contributed by atoms with Gasteiger partial charge in [0.15, 0.2) is 0 Å². The number of nitrogens with zero attached hydrogens (tertiary/aromatic N) is 6. The van der Waals surface area contributed by atoms with Crippen molar-refractivity contribution in [3.05, 3.63) is 35.9 Å². The van der Waals surface area contributed by atoms with E-state index in [1.807, 2.05) is 23.1 Å². The Bertz CT molecular complexity index is 548. The molecule has 0 N–H and O–H groups in total. The summed E-state index contributed by atoms with van der Waals surface area (Å²) >= 11 is 5.82. The number of rotatable bonds is 6. The van der Waals surface area contributed by atoms with Gasteiger partial charge < -0.3 is 4.90 Å². The first-order valence-electron chi connectivity index (χ1n) is 7.73. The van der Waals surface area contributed by atoms with Crippen LogP contribution in [0.3, 0.4) is 0 Å². The predicted octanol–water partition coefficient (Wildman–Crippen LogP) is 1.93. The SMILES string of the molecule is Clc1cnc(N2CCN(CCCCn3cccn3)CC2)nc1. The lowest BCUT2D eigenvalue weighted by atomic mass is 10.2. The van der Waals surface area contributed by atoms with Gasteiger partial charge >= 0.3 is 0 Å². The van der Waals surface area contributed by atoms with Crippen molar-refractivity contribution >= 4 is 17.5 Å². The Hall–Kier alpha value is -1.66. The highest BCUT2D eigenvalue weighted by Crippen LogP contribution is 2.13. The maximum Gasteiger partial charge on any atom is 0.225 e. The Morgan fingerprint density at radius 2 is 1.73 bits per heavy atom. The monoisotopic (exact) mass is 320 g/mol. The van der Waals surface area contributed by atoms with E-state index in [4.69, 9.17) is 11.6 Å². The number of unbranched alkanes of at least 4 members (excludes halogenated alkanes) is 1. The van der Waals surface area contributed by atoms with Gasteiger partial charge in [-0.2, -0.15) is 5.10 Å². The molecule has 1 aliphatic heterocycles. The molecular formula is C15H21ClN6. The van der Waals surface area contributed by atoms with Crippen LogP contribution in [0.15, 0.2) is 30.9 Å². The van der Waals surface area contributed by atoms with Gasteiger partial charge in [-0.15, -0.1) is 0 Å². The summed E-state index contributed by atoms with van der Waals surface area (Å²) in [4.78, 5) is 13.3. The Balaban J connectivity index is 1.35. The molecule has 0 spiro atoms. The summed E-state index contributed by atoms with van der Waals surface area (Å²) in [5, 5.41) is 4.81. The molecule has 0 bridgehead atoms. The molecule has 22 heavy (non-hydrogen) atoms. The minimum atomic E-state index is 0.583. The Morgan fingerprint density at radius 3 is 2.41 bits per heavy atom. The molecule has 1 fully saturated rings. The van der Waals surface area contributed by atoms with E-state index < -0.39 is 0 Å². The molecule has 3 rings (SSSR count). The molecule has 0 aliphatic carbocycles. The standard InChI is InChI=1S/C15H21ClN6/c16-14-12-17-15(18-13-14)21-10-8-20(9-11-21)5-1-2-6-22-7-3-4-19-22/h3-4,7,12-13H,1-2,5-6,8-11H2. The average Bonchev–Trinajstić information content (AvgIpc) is 3.06. The second-order valence-corrected chi connectivity index (χ2v) is 5.94. The van der Waals surface area contributed by atoms with Gasteiger partial charge in [0.25, 0.3) is 0 Å². The van der Waals surface area contributed by atoms with E-state index in [1.165, 1.54) is 12.8 Å². The van der Waals surface area contributed by atoms with Crippen LogP contribution >= 0.6 is 11.6 Å². The number of anilines is 1. The van der Waals surface area contributed by atoms with Gasteiger partial charge in [0.05, 0.1) is 17.4 Å². The molecule has 0 unspecified atom stereocenters. The first-order valence-corrected chi connectivity index (χ1v) is 8.11. The average molecular weight is 321 g/mol. The summed E-state index contributed by atoms with van der Waals surface area (Å²) in [6, 6.07) is 1.97. The molecule has 0 aromatic carbocycles. The van der Waals surface area contributed by atoms with E-state index in [0.29, 0.717) is 5.02 Å². The summed E-state index contributed by atoms with van der Waals surface area (Å²) in [5.41, 5.74) is 0. The Morgan fingerprint density at radius 1 is 1.00 bits per heavy atom. The van der Waals surface area contributed by atoms with Crippen LogP contribution in [-0.4, -0.2) is 57.4 Å². The molecule has 2 aromatic rings. The highest BCUT2D eigenvalue weighted by atomic mass is 35.5. The second-order valence-electron chi connectivity index (χ2n) is 5.51. The number of hydrogen-bond donors (Lipinski definition) is 0. The lowest BCUT2D eigenvalue weighted by molar-refractivity contribution is 0.249. The zero-order valence-electron chi connectivity index (χ0n) is 12.6. The number of hydrogen-bond acceptors (Lipinski definition) is 5. The summed E-state index contributed by atoms with van der Waals surface area (Å²) in [7, 11) is 0. The van der Waals surface area contributed by atoms with Gasteiger partial charge in [0.2, 0.25) is 5.95 Å². The molecule has 1 aliphatic rings. The summed E-state index contributed by atoms with van der Waals surface area (Å²) in [6.07, 6.45) is 9.54. The molecule has 1 saturated heterocycles. The van der Waals surface area contributed by atoms with Crippen molar-refractivity contribution in [3.8, 4) is 0 Å². The fourth-order valence-corrected chi connectivity index (χ4v) is 2.78. The highest BCUT2D eigenvalue weighted by Gasteiger charge is 2.18. The van der Waals surface area contributed by atoms with Gasteiger partial charge in [-0.3, -0.25) is 9.58 Å². The number of aryl methyl sites for hydroxylation is 1. The molecule has 0 radical (unpaired) electrons. The fourth-order valence-electron chi connectivity index (χ4n) is 2.68. The minimum absolute atomic E-state index is 0.583. The van der Waals surface area contributed by atoms with Gasteiger partial charge in [-0.1, -0.05) is 11.6 Å². The van der Waals surface area contributed by atoms with Crippen LogP contribution in [0.4, 0.5) is 5.95 Å². The number of halogens is 1. The van der Waals surface area contributed by atoms with Crippen molar-refractivity contribution in [2.75, 3.05) is 37.6 Å². The third-order valence-corrected chi connectivity index (χ3v) is 4.13. The maximum absolute atomic E-state index is 5.82. The zero-order chi connectivity index (χ0) is 15.2. The summed E-state index contributed by atoms with van der Waals surface area (Å²) < 4.78 is 2.00.